The second-order valence-corrected chi connectivity index (χ2v) is 10.7. The van der Waals surface area contributed by atoms with Crippen molar-refractivity contribution < 1.29 is 22.7 Å². The number of rotatable bonds is 8. The minimum absolute atomic E-state index is 0.236. The molecule has 3 aromatic rings. The second kappa shape index (κ2) is 10.3. The molecule has 5 rings (SSSR count). The van der Waals surface area contributed by atoms with Crippen LogP contribution in [0.2, 0.25) is 0 Å². The van der Waals surface area contributed by atoms with Crippen LogP contribution in [-0.4, -0.2) is 56.4 Å². The van der Waals surface area contributed by atoms with E-state index in [1.807, 2.05) is 11.8 Å². The lowest BCUT2D eigenvalue weighted by molar-refractivity contribution is -0.119. The third-order valence-corrected chi connectivity index (χ3v) is 8.03. The van der Waals surface area contributed by atoms with E-state index in [-0.39, 0.29) is 30.7 Å². The molecule has 2 aliphatic rings. The van der Waals surface area contributed by atoms with Crippen molar-refractivity contribution in [3.05, 3.63) is 65.5 Å². The standard InChI is InChI=1S/C26H28N6O5S/c1-3-27-23(33)15-32-21-8-5-9-22(19(21)16-38(32,35)36)37-12-10-17-13-18-24(29-14-17)31(4-2)25-20(30-26(18)34)7-6-11-28-25/h5-9,11,13-14H,3-4,10,12,15-16H2,1-2H3,(H,27,33)(H,30,34). The highest BCUT2D eigenvalue weighted by Gasteiger charge is 2.36. The van der Waals surface area contributed by atoms with Crippen LogP contribution >= 0.6 is 0 Å². The first-order valence-corrected chi connectivity index (χ1v) is 14.0. The number of ether oxygens (including phenoxy) is 1. The molecule has 38 heavy (non-hydrogen) atoms. The van der Waals surface area contributed by atoms with Crippen LogP contribution in [0.25, 0.3) is 0 Å². The summed E-state index contributed by atoms with van der Waals surface area (Å²) in [6, 6.07) is 10.5. The Morgan fingerprint density at radius 1 is 1.16 bits per heavy atom. The summed E-state index contributed by atoms with van der Waals surface area (Å²) < 4.78 is 32.7. The van der Waals surface area contributed by atoms with E-state index in [1.165, 1.54) is 0 Å². The third-order valence-electron chi connectivity index (χ3n) is 6.38. The third kappa shape index (κ3) is 4.74. The van der Waals surface area contributed by atoms with Gasteiger partial charge in [-0.1, -0.05) is 6.07 Å². The summed E-state index contributed by atoms with van der Waals surface area (Å²) in [7, 11) is -3.68. The number of likely N-dealkylation sites (N-methyl/N-ethyl adjacent to an activating group) is 1. The first-order valence-electron chi connectivity index (χ1n) is 12.4. The summed E-state index contributed by atoms with van der Waals surface area (Å²) >= 11 is 0. The minimum atomic E-state index is -3.68. The molecule has 2 aromatic heterocycles. The van der Waals surface area contributed by atoms with E-state index in [1.54, 1.807) is 55.7 Å². The smallest absolute Gasteiger partial charge is 0.259 e. The number of nitrogens with one attached hydrogen (secondary N) is 2. The van der Waals surface area contributed by atoms with Crippen molar-refractivity contribution >= 4 is 44.8 Å². The molecule has 0 bridgehead atoms. The van der Waals surface area contributed by atoms with Crippen molar-refractivity contribution in [2.45, 2.75) is 26.0 Å². The van der Waals surface area contributed by atoms with Gasteiger partial charge in [-0.15, -0.1) is 0 Å². The molecule has 2 amide bonds. The summed E-state index contributed by atoms with van der Waals surface area (Å²) in [5, 5.41) is 5.54. The first kappa shape index (κ1) is 25.5. The summed E-state index contributed by atoms with van der Waals surface area (Å²) in [5.74, 6) is 0.753. The zero-order valence-electron chi connectivity index (χ0n) is 21.1. The molecular formula is C26H28N6O5S. The number of benzene rings is 1. The van der Waals surface area contributed by atoms with Crippen LogP contribution in [0, 0.1) is 0 Å². The van der Waals surface area contributed by atoms with Gasteiger partial charge in [0.1, 0.15) is 23.9 Å². The van der Waals surface area contributed by atoms with Crippen molar-refractivity contribution in [3.8, 4) is 5.75 Å². The van der Waals surface area contributed by atoms with Crippen molar-refractivity contribution in [3.63, 3.8) is 0 Å². The molecule has 0 fully saturated rings. The Balaban J connectivity index is 1.32. The summed E-state index contributed by atoms with van der Waals surface area (Å²) in [5.41, 5.74) is 2.84. The Bertz CT molecular complexity index is 1510. The molecular weight excluding hydrogens is 508 g/mol. The van der Waals surface area contributed by atoms with Gasteiger partial charge in [0.2, 0.25) is 15.9 Å². The van der Waals surface area contributed by atoms with Gasteiger partial charge in [-0.2, -0.15) is 0 Å². The zero-order valence-corrected chi connectivity index (χ0v) is 21.9. The summed E-state index contributed by atoms with van der Waals surface area (Å²) in [6.45, 7) is 4.72. The average molecular weight is 537 g/mol. The molecule has 0 atom stereocenters. The molecule has 2 aliphatic heterocycles. The molecule has 1 aromatic carbocycles. The molecule has 2 N–H and O–H groups in total. The predicted octanol–water partition coefficient (Wildman–Crippen LogP) is 2.61. The molecule has 0 aliphatic carbocycles. The van der Waals surface area contributed by atoms with Gasteiger partial charge in [0.15, 0.2) is 5.82 Å². The lowest BCUT2D eigenvalue weighted by atomic mass is 10.1. The highest BCUT2D eigenvalue weighted by atomic mass is 32.2. The fraction of sp³-hybridized carbons (Fsp3) is 0.308. The number of pyridine rings is 2. The first-order chi connectivity index (χ1) is 18.3. The van der Waals surface area contributed by atoms with E-state index in [0.717, 1.165) is 9.87 Å². The highest BCUT2D eigenvalue weighted by molar-refractivity contribution is 7.92. The monoisotopic (exact) mass is 536 g/mol. The quantitative estimate of drug-likeness (QED) is 0.449. The van der Waals surface area contributed by atoms with Gasteiger partial charge in [-0.3, -0.25) is 13.9 Å². The Morgan fingerprint density at radius 3 is 2.79 bits per heavy atom. The molecule has 198 valence electrons. The van der Waals surface area contributed by atoms with E-state index >= 15 is 0 Å². The molecule has 0 saturated heterocycles. The van der Waals surface area contributed by atoms with Gasteiger partial charge in [-0.05, 0) is 49.7 Å². The molecule has 0 spiro atoms. The topological polar surface area (TPSA) is 134 Å². The zero-order chi connectivity index (χ0) is 26.9. The van der Waals surface area contributed by atoms with Crippen LogP contribution in [-0.2, 0) is 27.0 Å². The number of aromatic nitrogens is 2. The van der Waals surface area contributed by atoms with Crippen molar-refractivity contribution in [1.29, 1.82) is 0 Å². The number of hydrogen-bond acceptors (Lipinski definition) is 8. The maximum absolute atomic E-state index is 13.0. The largest absolute Gasteiger partial charge is 0.493 e. The maximum Gasteiger partial charge on any atom is 0.259 e. The van der Waals surface area contributed by atoms with Crippen molar-refractivity contribution in [1.82, 2.24) is 15.3 Å². The number of anilines is 4. The van der Waals surface area contributed by atoms with E-state index in [4.69, 9.17) is 4.74 Å². The fourth-order valence-electron chi connectivity index (χ4n) is 4.64. The van der Waals surface area contributed by atoms with Crippen molar-refractivity contribution in [2.24, 2.45) is 0 Å². The van der Waals surface area contributed by atoms with E-state index in [2.05, 4.69) is 20.6 Å². The number of carbonyl (C=O) groups is 2. The number of hydrogen-bond donors (Lipinski definition) is 2. The SMILES string of the molecule is CCNC(=O)CN1c2cccc(OCCc3cnc4c(c3)C(=O)Nc3cccnc3N4CC)c2CS1(=O)=O. The van der Waals surface area contributed by atoms with E-state index in [9.17, 15) is 18.0 Å². The fourth-order valence-corrected chi connectivity index (χ4v) is 6.24. The van der Waals surface area contributed by atoms with Crippen LogP contribution in [0.1, 0.15) is 35.3 Å². The van der Waals surface area contributed by atoms with Gasteiger partial charge >= 0.3 is 0 Å². The van der Waals surface area contributed by atoms with Gasteiger partial charge in [0.05, 0.1) is 23.5 Å². The Hall–Kier alpha value is -4.19. The van der Waals surface area contributed by atoms with E-state index in [0.29, 0.717) is 59.4 Å². The van der Waals surface area contributed by atoms with Crippen LogP contribution in [0.15, 0.2) is 48.8 Å². The van der Waals surface area contributed by atoms with Crippen LogP contribution in [0.5, 0.6) is 5.75 Å². The second-order valence-electron chi connectivity index (χ2n) is 8.86. The lowest BCUT2D eigenvalue weighted by Gasteiger charge is -2.21. The highest BCUT2D eigenvalue weighted by Crippen LogP contribution is 2.39. The Kier molecular flexibility index (Phi) is 6.89. The minimum Gasteiger partial charge on any atom is -0.493 e. The van der Waals surface area contributed by atoms with Crippen molar-refractivity contribution in [2.75, 3.05) is 40.8 Å². The van der Waals surface area contributed by atoms with Crippen LogP contribution in [0.3, 0.4) is 0 Å². The Labute approximate surface area is 220 Å². The molecule has 11 nitrogen and oxygen atoms in total. The van der Waals surface area contributed by atoms with Gasteiger partial charge < -0.3 is 20.3 Å². The number of amides is 2. The average Bonchev–Trinajstić information content (AvgIpc) is 3.08. The number of nitrogens with zero attached hydrogens (tertiary/aromatic N) is 4. The maximum atomic E-state index is 13.0. The van der Waals surface area contributed by atoms with Gasteiger partial charge in [0.25, 0.3) is 5.91 Å². The summed E-state index contributed by atoms with van der Waals surface area (Å²) in [4.78, 5) is 36.0. The molecule has 12 heteroatoms. The molecule has 0 saturated carbocycles. The molecule has 0 radical (unpaired) electrons. The van der Waals surface area contributed by atoms with Gasteiger partial charge in [0, 0.05) is 37.5 Å². The molecule has 4 heterocycles. The molecule has 0 unspecified atom stereocenters. The summed E-state index contributed by atoms with van der Waals surface area (Å²) in [6.07, 6.45) is 3.83. The lowest BCUT2D eigenvalue weighted by Crippen LogP contribution is -2.38. The normalized spacial score (nSPS) is 15.2. The van der Waals surface area contributed by atoms with Gasteiger partial charge in [-0.25, -0.2) is 18.4 Å². The van der Waals surface area contributed by atoms with Crippen LogP contribution < -0.4 is 24.6 Å². The van der Waals surface area contributed by atoms with Crippen LogP contribution in [0.4, 0.5) is 23.0 Å². The number of carbonyl (C=O) groups excluding carboxylic acids is 2. The number of fused-ring (bicyclic) bond motifs is 3. The predicted molar refractivity (Wildman–Crippen MR) is 143 cm³/mol. The van der Waals surface area contributed by atoms with E-state index < -0.39 is 10.0 Å². The number of sulfonamides is 1. The Morgan fingerprint density at radius 2 is 2.00 bits per heavy atom.